The smallest absolute Gasteiger partial charge is 0.143 e. The van der Waals surface area contributed by atoms with Crippen LogP contribution in [0.2, 0.25) is 0 Å². The zero-order valence-electron chi connectivity index (χ0n) is 13.5. The largest absolute Gasteiger partial charge is 0.483 e. The molecule has 1 N–H and O–H groups in total. The van der Waals surface area contributed by atoms with Crippen LogP contribution in [0.25, 0.3) is 0 Å². The van der Waals surface area contributed by atoms with Crippen molar-refractivity contribution >= 4 is 33.3 Å². The molecule has 6 nitrogen and oxygen atoms in total. The highest BCUT2D eigenvalue weighted by atomic mass is 79.9. The van der Waals surface area contributed by atoms with Gasteiger partial charge < -0.3 is 19.7 Å². The molecule has 0 saturated carbocycles. The first-order chi connectivity index (χ1) is 11.8. The molecule has 126 valence electrons. The Labute approximate surface area is 149 Å². The highest BCUT2D eigenvalue weighted by Crippen LogP contribution is 2.43. The molecule has 24 heavy (non-hydrogen) atoms. The van der Waals surface area contributed by atoms with Gasteiger partial charge in [0.1, 0.15) is 29.8 Å². The fourth-order valence-electron chi connectivity index (χ4n) is 3.14. The van der Waals surface area contributed by atoms with Crippen molar-refractivity contribution < 1.29 is 9.47 Å². The van der Waals surface area contributed by atoms with Crippen LogP contribution in [0.15, 0.2) is 29.0 Å². The molecule has 2 aromatic rings. The van der Waals surface area contributed by atoms with Crippen molar-refractivity contribution in [2.24, 2.45) is 0 Å². The van der Waals surface area contributed by atoms with E-state index >= 15 is 0 Å². The number of halogens is 1. The topological polar surface area (TPSA) is 59.5 Å². The van der Waals surface area contributed by atoms with Crippen molar-refractivity contribution in [1.82, 2.24) is 9.97 Å². The van der Waals surface area contributed by atoms with Gasteiger partial charge in [0.15, 0.2) is 0 Å². The number of hydrogen-bond acceptors (Lipinski definition) is 6. The Hall–Kier alpha value is -1.86. The second kappa shape index (κ2) is 6.57. The van der Waals surface area contributed by atoms with Gasteiger partial charge in [-0.2, -0.15) is 0 Å². The van der Waals surface area contributed by atoms with E-state index in [4.69, 9.17) is 9.47 Å². The van der Waals surface area contributed by atoms with Crippen LogP contribution in [0.5, 0.6) is 5.75 Å². The number of rotatable bonds is 2. The maximum atomic E-state index is 6.30. The Balaban J connectivity index is 1.81. The average molecular weight is 391 g/mol. The van der Waals surface area contributed by atoms with E-state index in [1.165, 1.54) is 0 Å². The van der Waals surface area contributed by atoms with Gasteiger partial charge in [0.25, 0.3) is 0 Å². The van der Waals surface area contributed by atoms with Crippen molar-refractivity contribution in [3.05, 3.63) is 34.6 Å². The lowest BCUT2D eigenvalue weighted by Gasteiger charge is -2.31. The van der Waals surface area contributed by atoms with E-state index in [1.54, 1.807) is 6.33 Å². The van der Waals surface area contributed by atoms with Gasteiger partial charge >= 0.3 is 0 Å². The Morgan fingerprint density at radius 1 is 1.29 bits per heavy atom. The number of hydrogen-bond donors (Lipinski definition) is 1. The van der Waals surface area contributed by atoms with Gasteiger partial charge in [-0.3, -0.25) is 0 Å². The zero-order chi connectivity index (χ0) is 16.5. The standard InChI is InChI=1S/C17H19BrN4O2/c1-2-13-15-16(21-12-9-11(18)3-4-14(12)24-13)19-10-20-17(15)22-5-7-23-8-6-22/h3-4,9-10,13H,2,5-8H2,1H3,(H,19,20,21). The predicted octanol–water partition coefficient (Wildman–Crippen LogP) is 3.66. The third kappa shape index (κ3) is 2.82. The Morgan fingerprint density at radius 3 is 2.92 bits per heavy atom. The van der Waals surface area contributed by atoms with Gasteiger partial charge in [0.2, 0.25) is 0 Å². The summed E-state index contributed by atoms with van der Waals surface area (Å²) in [6.07, 6.45) is 2.37. The summed E-state index contributed by atoms with van der Waals surface area (Å²) in [5.74, 6) is 2.58. The van der Waals surface area contributed by atoms with E-state index in [0.717, 1.165) is 65.8 Å². The van der Waals surface area contributed by atoms with Crippen LogP contribution in [-0.4, -0.2) is 36.3 Å². The van der Waals surface area contributed by atoms with Crippen LogP contribution in [0.3, 0.4) is 0 Å². The maximum absolute atomic E-state index is 6.30. The molecule has 1 aromatic heterocycles. The number of nitrogens with one attached hydrogen (secondary N) is 1. The minimum absolute atomic E-state index is 0.0889. The number of benzene rings is 1. The number of ether oxygens (including phenoxy) is 2. The summed E-state index contributed by atoms with van der Waals surface area (Å²) in [6.45, 7) is 5.22. The molecule has 1 fully saturated rings. The third-order valence-electron chi connectivity index (χ3n) is 4.33. The van der Waals surface area contributed by atoms with Crippen LogP contribution in [0.4, 0.5) is 17.3 Å². The molecule has 1 aromatic carbocycles. The lowest BCUT2D eigenvalue weighted by atomic mass is 10.1. The van der Waals surface area contributed by atoms with E-state index in [-0.39, 0.29) is 6.10 Å². The molecular weight excluding hydrogens is 372 g/mol. The summed E-state index contributed by atoms with van der Waals surface area (Å²) in [7, 11) is 0. The van der Waals surface area contributed by atoms with Crippen molar-refractivity contribution in [3.8, 4) is 5.75 Å². The normalized spacial score (nSPS) is 19.6. The van der Waals surface area contributed by atoms with Crippen LogP contribution in [0, 0.1) is 0 Å². The molecular formula is C17H19BrN4O2. The van der Waals surface area contributed by atoms with E-state index in [0.29, 0.717) is 0 Å². The molecule has 1 atom stereocenters. The molecule has 3 heterocycles. The van der Waals surface area contributed by atoms with Crippen molar-refractivity contribution in [2.75, 3.05) is 36.5 Å². The van der Waals surface area contributed by atoms with Crippen molar-refractivity contribution in [2.45, 2.75) is 19.4 Å². The average Bonchev–Trinajstić information content (AvgIpc) is 2.78. The molecule has 7 heteroatoms. The summed E-state index contributed by atoms with van der Waals surface area (Å²) in [6, 6.07) is 5.97. The molecule has 2 aliphatic heterocycles. The van der Waals surface area contributed by atoms with Gasteiger partial charge in [-0.05, 0) is 24.6 Å². The van der Waals surface area contributed by atoms with E-state index in [2.05, 4.69) is 43.0 Å². The van der Waals surface area contributed by atoms with Gasteiger partial charge in [-0.1, -0.05) is 22.9 Å². The SMILES string of the molecule is CCC1Oc2ccc(Br)cc2Nc2ncnc(N3CCOCC3)c21. The second-order valence-electron chi connectivity index (χ2n) is 5.84. The quantitative estimate of drug-likeness (QED) is 0.843. The summed E-state index contributed by atoms with van der Waals surface area (Å²) in [5.41, 5.74) is 1.93. The van der Waals surface area contributed by atoms with E-state index in [1.807, 2.05) is 18.2 Å². The summed E-state index contributed by atoms with van der Waals surface area (Å²) < 4.78 is 12.8. The summed E-state index contributed by atoms with van der Waals surface area (Å²) >= 11 is 3.51. The van der Waals surface area contributed by atoms with Gasteiger partial charge in [0.05, 0.1) is 24.5 Å². The van der Waals surface area contributed by atoms with Crippen LogP contribution in [0.1, 0.15) is 25.0 Å². The molecule has 0 bridgehead atoms. The van der Waals surface area contributed by atoms with Crippen molar-refractivity contribution in [3.63, 3.8) is 0 Å². The third-order valence-corrected chi connectivity index (χ3v) is 4.82. The molecule has 0 aliphatic carbocycles. The minimum Gasteiger partial charge on any atom is -0.483 e. The Kier molecular flexibility index (Phi) is 4.28. The highest BCUT2D eigenvalue weighted by Gasteiger charge is 2.29. The molecule has 4 rings (SSSR count). The predicted molar refractivity (Wildman–Crippen MR) is 96.1 cm³/mol. The minimum atomic E-state index is -0.0889. The number of fused-ring (bicyclic) bond motifs is 2. The number of anilines is 3. The van der Waals surface area contributed by atoms with Gasteiger partial charge in [0, 0.05) is 17.6 Å². The first-order valence-corrected chi connectivity index (χ1v) is 8.96. The lowest BCUT2D eigenvalue weighted by Crippen LogP contribution is -2.38. The second-order valence-corrected chi connectivity index (χ2v) is 6.75. The molecule has 1 unspecified atom stereocenters. The fourth-order valence-corrected chi connectivity index (χ4v) is 3.50. The molecule has 1 saturated heterocycles. The molecule has 2 aliphatic rings. The van der Waals surface area contributed by atoms with E-state index < -0.39 is 0 Å². The first kappa shape index (κ1) is 15.7. The Bertz CT molecular complexity index is 749. The van der Waals surface area contributed by atoms with Crippen LogP contribution < -0.4 is 15.0 Å². The lowest BCUT2D eigenvalue weighted by molar-refractivity contribution is 0.122. The molecule has 0 spiro atoms. The molecule has 0 amide bonds. The fraction of sp³-hybridized carbons (Fsp3) is 0.412. The summed E-state index contributed by atoms with van der Waals surface area (Å²) in [5, 5.41) is 3.42. The highest BCUT2D eigenvalue weighted by molar-refractivity contribution is 9.10. The van der Waals surface area contributed by atoms with Gasteiger partial charge in [-0.15, -0.1) is 0 Å². The maximum Gasteiger partial charge on any atom is 0.143 e. The van der Waals surface area contributed by atoms with Crippen LogP contribution >= 0.6 is 15.9 Å². The number of nitrogens with zero attached hydrogens (tertiary/aromatic N) is 3. The summed E-state index contributed by atoms with van der Waals surface area (Å²) in [4.78, 5) is 11.3. The number of aromatic nitrogens is 2. The first-order valence-electron chi connectivity index (χ1n) is 8.17. The van der Waals surface area contributed by atoms with Crippen molar-refractivity contribution in [1.29, 1.82) is 0 Å². The van der Waals surface area contributed by atoms with Gasteiger partial charge in [-0.25, -0.2) is 9.97 Å². The monoisotopic (exact) mass is 390 g/mol. The zero-order valence-corrected chi connectivity index (χ0v) is 15.0. The van der Waals surface area contributed by atoms with Crippen LogP contribution in [-0.2, 0) is 4.74 Å². The number of morpholine rings is 1. The van der Waals surface area contributed by atoms with E-state index in [9.17, 15) is 0 Å². The molecule has 0 radical (unpaired) electrons. The Morgan fingerprint density at radius 2 is 2.12 bits per heavy atom.